The summed E-state index contributed by atoms with van der Waals surface area (Å²) in [4.78, 5) is 23.2. The third-order valence-electron chi connectivity index (χ3n) is 3.03. The van der Waals surface area contributed by atoms with Crippen LogP contribution in [0.25, 0.3) is 0 Å². The second-order valence-corrected chi connectivity index (χ2v) is 5.01. The quantitative estimate of drug-likeness (QED) is 0.579. The highest BCUT2D eigenvalue weighted by molar-refractivity contribution is 5.75. The van der Waals surface area contributed by atoms with Gasteiger partial charge in [0.25, 0.3) is 0 Å². The standard InChI is InChI=1S/C14H27NO3/c1-15(2)13(16)11-9-7-5-3-4-6-8-10-12-14(17)18/h3-12H2,1-2H3,(H,17,18). The fraction of sp³-hybridized carbons (Fsp3) is 0.857. The number of amides is 1. The highest BCUT2D eigenvalue weighted by Gasteiger charge is 2.02. The summed E-state index contributed by atoms with van der Waals surface area (Å²) in [7, 11) is 3.58. The highest BCUT2D eigenvalue weighted by Crippen LogP contribution is 2.10. The molecule has 0 bridgehead atoms. The molecule has 0 aromatic carbocycles. The molecule has 0 aromatic heterocycles. The van der Waals surface area contributed by atoms with Crippen molar-refractivity contribution >= 4 is 11.9 Å². The molecule has 4 heteroatoms. The van der Waals surface area contributed by atoms with Crippen molar-refractivity contribution in [3.8, 4) is 0 Å². The lowest BCUT2D eigenvalue weighted by atomic mass is 10.1. The molecule has 0 saturated heterocycles. The van der Waals surface area contributed by atoms with E-state index in [1.807, 2.05) is 0 Å². The number of carbonyl (C=O) groups is 2. The van der Waals surface area contributed by atoms with Crippen LogP contribution in [-0.4, -0.2) is 36.0 Å². The first-order valence-corrected chi connectivity index (χ1v) is 6.96. The minimum absolute atomic E-state index is 0.212. The first kappa shape index (κ1) is 16.9. The van der Waals surface area contributed by atoms with Crippen molar-refractivity contribution in [2.24, 2.45) is 0 Å². The molecule has 0 saturated carbocycles. The Morgan fingerprint density at radius 2 is 1.17 bits per heavy atom. The van der Waals surface area contributed by atoms with Crippen molar-refractivity contribution in [3.05, 3.63) is 0 Å². The zero-order valence-electron chi connectivity index (χ0n) is 11.8. The van der Waals surface area contributed by atoms with Crippen molar-refractivity contribution in [1.29, 1.82) is 0 Å². The molecule has 0 unspecified atom stereocenters. The van der Waals surface area contributed by atoms with E-state index in [0.29, 0.717) is 12.8 Å². The van der Waals surface area contributed by atoms with Crippen LogP contribution in [0.2, 0.25) is 0 Å². The Morgan fingerprint density at radius 3 is 1.56 bits per heavy atom. The van der Waals surface area contributed by atoms with Crippen LogP contribution >= 0.6 is 0 Å². The van der Waals surface area contributed by atoms with Crippen molar-refractivity contribution < 1.29 is 14.7 Å². The summed E-state index contributed by atoms with van der Waals surface area (Å²) in [6.45, 7) is 0. The van der Waals surface area contributed by atoms with Gasteiger partial charge in [0, 0.05) is 26.9 Å². The predicted molar refractivity (Wildman–Crippen MR) is 72.5 cm³/mol. The normalized spacial score (nSPS) is 10.3. The third kappa shape index (κ3) is 11.4. The maximum Gasteiger partial charge on any atom is 0.303 e. The van der Waals surface area contributed by atoms with Crippen molar-refractivity contribution in [2.75, 3.05) is 14.1 Å². The molecular formula is C14H27NO3. The fourth-order valence-electron chi connectivity index (χ4n) is 1.84. The van der Waals surface area contributed by atoms with E-state index in [-0.39, 0.29) is 5.91 Å². The van der Waals surface area contributed by atoms with Gasteiger partial charge in [0.2, 0.25) is 5.91 Å². The first-order chi connectivity index (χ1) is 8.54. The van der Waals surface area contributed by atoms with Gasteiger partial charge < -0.3 is 10.0 Å². The summed E-state index contributed by atoms with van der Waals surface area (Å²) in [5, 5.41) is 8.47. The van der Waals surface area contributed by atoms with E-state index < -0.39 is 5.97 Å². The highest BCUT2D eigenvalue weighted by atomic mass is 16.4. The van der Waals surface area contributed by atoms with Crippen LogP contribution < -0.4 is 0 Å². The minimum atomic E-state index is -0.694. The summed E-state index contributed by atoms with van der Waals surface area (Å²) in [5.74, 6) is -0.482. The second kappa shape index (κ2) is 11.1. The van der Waals surface area contributed by atoms with E-state index in [9.17, 15) is 9.59 Å². The molecule has 0 radical (unpaired) electrons. The molecular weight excluding hydrogens is 230 g/mol. The fourth-order valence-corrected chi connectivity index (χ4v) is 1.84. The van der Waals surface area contributed by atoms with E-state index in [1.54, 1.807) is 19.0 Å². The van der Waals surface area contributed by atoms with Gasteiger partial charge in [-0.25, -0.2) is 0 Å². The monoisotopic (exact) mass is 257 g/mol. The van der Waals surface area contributed by atoms with Crippen LogP contribution in [0.3, 0.4) is 0 Å². The Hall–Kier alpha value is -1.06. The molecule has 106 valence electrons. The van der Waals surface area contributed by atoms with Gasteiger partial charge in [0.1, 0.15) is 0 Å². The van der Waals surface area contributed by atoms with E-state index >= 15 is 0 Å². The summed E-state index contributed by atoms with van der Waals surface area (Å²) >= 11 is 0. The van der Waals surface area contributed by atoms with Crippen molar-refractivity contribution in [2.45, 2.75) is 64.2 Å². The van der Waals surface area contributed by atoms with E-state index in [2.05, 4.69) is 0 Å². The maximum atomic E-state index is 11.3. The molecule has 0 fully saturated rings. The third-order valence-corrected chi connectivity index (χ3v) is 3.03. The van der Waals surface area contributed by atoms with Crippen LogP contribution in [-0.2, 0) is 9.59 Å². The minimum Gasteiger partial charge on any atom is -0.481 e. The van der Waals surface area contributed by atoms with Crippen LogP contribution in [0.4, 0.5) is 0 Å². The Morgan fingerprint density at radius 1 is 0.778 bits per heavy atom. The number of carboxylic acids is 1. The molecule has 4 nitrogen and oxygen atoms in total. The molecule has 0 aromatic rings. The lowest BCUT2D eigenvalue weighted by Crippen LogP contribution is -2.20. The number of rotatable bonds is 11. The van der Waals surface area contributed by atoms with Gasteiger partial charge in [-0.15, -0.1) is 0 Å². The van der Waals surface area contributed by atoms with Crippen LogP contribution in [0.15, 0.2) is 0 Å². The number of carboxylic acid groups (broad SMARTS) is 1. The second-order valence-electron chi connectivity index (χ2n) is 5.01. The summed E-state index contributed by atoms with van der Waals surface area (Å²) in [6, 6.07) is 0. The molecule has 0 aliphatic carbocycles. The van der Waals surface area contributed by atoms with Gasteiger partial charge >= 0.3 is 5.97 Å². The molecule has 0 atom stereocenters. The average molecular weight is 257 g/mol. The SMILES string of the molecule is CN(C)C(=O)CCCCCCCCCCC(=O)O. The molecule has 1 amide bonds. The molecule has 18 heavy (non-hydrogen) atoms. The van der Waals surface area contributed by atoms with Crippen molar-refractivity contribution in [1.82, 2.24) is 4.90 Å². The van der Waals surface area contributed by atoms with Crippen LogP contribution in [0.1, 0.15) is 64.2 Å². The molecule has 0 rings (SSSR count). The van der Waals surface area contributed by atoms with E-state index in [0.717, 1.165) is 32.1 Å². The number of aliphatic carboxylic acids is 1. The largest absolute Gasteiger partial charge is 0.481 e. The molecule has 0 aliphatic heterocycles. The summed E-state index contributed by atoms with van der Waals surface area (Å²) in [5.41, 5.74) is 0. The Bertz CT molecular complexity index is 239. The van der Waals surface area contributed by atoms with E-state index in [4.69, 9.17) is 5.11 Å². The lowest BCUT2D eigenvalue weighted by Gasteiger charge is -2.09. The number of hydrogen-bond donors (Lipinski definition) is 1. The lowest BCUT2D eigenvalue weighted by molar-refractivity contribution is -0.137. The summed E-state index contributed by atoms with van der Waals surface area (Å²) < 4.78 is 0. The topological polar surface area (TPSA) is 57.6 Å². The van der Waals surface area contributed by atoms with Gasteiger partial charge in [-0.05, 0) is 12.8 Å². The van der Waals surface area contributed by atoms with Gasteiger partial charge in [0.15, 0.2) is 0 Å². The first-order valence-electron chi connectivity index (χ1n) is 6.96. The molecule has 1 N–H and O–H groups in total. The molecule has 0 heterocycles. The Kier molecular flexibility index (Phi) is 10.4. The number of carbonyl (C=O) groups excluding carboxylic acids is 1. The van der Waals surface area contributed by atoms with Crippen molar-refractivity contribution in [3.63, 3.8) is 0 Å². The molecule has 0 spiro atoms. The zero-order valence-corrected chi connectivity index (χ0v) is 11.8. The Balaban J connectivity index is 3.12. The van der Waals surface area contributed by atoms with Crippen LogP contribution in [0.5, 0.6) is 0 Å². The maximum absolute atomic E-state index is 11.3. The number of nitrogens with zero attached hydrogens (tertiary/aromatic N) is 1. The van der Waals surface area contributed by atoms with Gasteiger partial charge in [-0.1, -0.05) is 38.5 Å². The van der Waals surface area contributed by atoms with Gasteiger partial charge in [0.05, 0.1) is 0 Å². The van der Waals surface area contributed by atoms with E-state index in [1.165, 1.54) is 19.3 Å². The average Bonchev–Trinajstić information content (AvgIpc) is 2.30. The predicted octanol–water partition coefficient (Wildman–Crippen LogP) is 3.06. The van der Waals surface area contributed by atoms with Gasteiger partial charge in [-0.3, -0.25) is 9.59 Å². The van der Waals surface area contributed by atoms with Crippen LogP contribution in [0, 0.1) is 0 Å². The summed E-state index contributed by atoms with van der Waals surface area (Å²) in [6.07, 6.45) is 9.56. The number of hydrogen-bond acceptors (Lipinski definition) is 2. The number of unbranched alkanes of at least 4 members (excludes halogenated alkanes) is 7. The zero-order chi connectivity index (χ0) is 13.8. The Labute approximate surface area is 110 Å². The van der Waals surface area contributed by atoms with Gasteiger partial charge in [-0.2, -0.15) is 0 Å². The molecule has 0 aliphatic rings. The smallest absolute Gasteiger partial charge is 0.303 e.